The molecule has 0 radical (unpaired) electrons. The Labute approximate surface area is 172 Å². The van der Waals surface area contributed by atoms with Crippen LogP contribution in [-0.4, -0.2) is 68.1 Å². The molecule has 2 aliphatic rings. The van der Waals surface area contributed by atoms with Crippen LogP contribution < -0.4 is 20.1 Å². The van der Waals surface area contributed by atoms with Gasteiger partial charge in [-0.2, -0.15) is 9.78 Å². The standard InChI is InChI=1S/C22H31N5O2/c1-24(2)17-7-6-8-18(15-17)27-22(28)21(29-19-9-4-5-10-19)20(16-23-27)26-13-11-25(3)12-14-26/h6-8,15-16,19H,4-5,9-14H2,1-3H3. The van der Waals surface area contributed by atoms with Crippen LogP contribution in [0.5, 0.6) is 5.75 Å². The second-order valence-corrected chi connectivity index (χ2v) is 8.30. The van der Waals surface area contributed by atoms with E-state index in [1.807, 2.05) is 43.3 Å². The maximum atomic E-state index is 13.5. The van der Waals surface area contributed by atoms with Gasteiger partial charge in [0.25, 0.3) is 0 Å². The van der Waals surface area contributed by atoms with Crippen LogP contribution in [0.25, 0.3) is 5.69 Å². The van der Waals surface area contributed by atoms with Crippen molar-refractivity contribution in [2.45, 2.75) is 31.8 Å². The fourth-order valence-corrected chi connectivity index (χ4v) is 4.07. The van der Waals surface area contributed by atoms with Gasteiger partial charge in [-0.05, 0) is 50.9 Å². The predicted molar refractivity (Wildman–Crippen MR) is 117 cm³/mol. The van der Waals surface area contributed by atoms with E-state index in [0.29, 0.717) is 5.75 Å². The molecule has 156 valence electrons. The Kier molecular flexibility index (Phi) is 5.76. The minimum Gasteiger partial charge on any atom is -0.483 e. The van der Waals surface area contributed by atoms with Crippen molar-refractivity contribution in [1.29, 1.82) is 0 Å². The van der Waals surface area contributed by atoms with Gasteiger partial charge in [0.2, 0.25) is 5.75 Å². The van der Waals surface area contributed by atoms with E-state index < -0.39 is 0 Å². The molecule has 0 N–H and O–H groups in total. The van der Waals surface area contributed by atoms with E-state index in [-0.39, 0.29) is 11.7 Å². The first kappa shape index (κ1) is 19.8. The average molecular weight is 398 g/mol. The molecule has 0 unspecified atom stereocenters. The van der Waals surface area contributed by atoms with E-state index in [1.165, 1.54) is 17.5 Å². The highest BCUT2D eigenvalue weighted by Gasteiger charge is 2.26. The third kappa shape index (κ3) is 4.24. The van der Waals surface area contributed by atoms with Crippen molar-refractivity contribution >= 4 is 11.4 Å². The molecule has 29 heavy (non-hydrogen) atoms. The summed E-state index contributed by atoms with van der Waals surface area (Å²) in [6.45, 7) is 3.69. The highest BCUT2D eigenvalue weighted by atomic mass is 16.5. The molecule has 1 aromatic heterocycles. The maximum Gasteiger partial charge on any atom is 0.316 e. The van der Waals surface area contributed by atoms with E-state index >= 15 is 0 Å². The summed E-state index contributed by atoms with van der Waals surface area (Å²) in [6.07, 6.45) is 6.29. The summed E-state index contributed by atoms with van der Waals surface area (Å²) in [4.78, 5) is 20.0. The first-order valence-corrected chi connectivity index (χ1v) is 10.5. The molecule has 1 saturated heterocycles. The van der Waals surface area contributed by atoms with Crippen molar-refractivity contribution in [2.24, 2.45) is 0 Å². The van der Waals surface area contributed by atoms with Crippen molar-refractivity contribution in [3.05, 3.63) is 40.8 Å². The highest BCUT2D eigenvalue weighted by molar-refractivity contribution is 5.58. The lowest BCUT2D eigenvalue weighted by atomic mass is 10.2. The number of aromatic nitrogens is 2. The van der Waals surface area contributed by atoms with Gasteiger partial charge in [0.05, 0.1) is 18.0 Å². The third-order valence-corrected chi connectivity index (χ3v) is 5.94. The fourth-order valence-electron chi connectivity index (χ4n) is 4.07. The Morgan fingerprint density at radius 3 is 2.52 bits per heavy atom. The number of rotatable bonds is 5. The third-order valence-electron chi connectivity index (χ3n) is 5.94. The number of likely N-dealkylation sites (N-methyl/N-ethyl adjacent to an activating group) is 1. The van der Waals surface area contributed by atoms with Crippen LogP contribution in [0.1, 0.15) is 25.7 Å². The van der Waals surface area contributed by atoms with Crippen molar-refractivity contribution in [3.63, 3.8) is 0 Å². The van der Waals surface area contributed by atoms with Crippen molar-refractivity contribution < 1.29 is 4.74 Å². The maximum absolute atomic E-state index is 13.5. The van der Waals surface area contributed by atoms with Crippen LogP contribution in [0, 0.1) is 0 Å². The number of anilines is 2. The van der Waals surface area contributed by atoms with Gasteiger partial charge < -0.3 is 19.4 Å². The number of benzene rings is 1. The lowest BCUT2D eigenvalue weighted by Gasteiger charge is -2.34. The van der Waals surface area contributed by atoms with Gasteiger partial charge in [-0.25, -0.2) is 0 Å². The zero-order chi connectivity index (χ0) is 20.4. The molecule has 7 nitrogen and oxygen atoms in total. The first-order chi connectivity index (χ1) is 14.0. The van der Waals surface area contributed by atoms with Crippen LogP contribution in [-0.2, 0) is 0 Å². The minimum atomic E-state index is -0.177. The summed E-state index contributed by atoms with van der Waals surface area (Å²) in [5, 5.41) is 4.53. The van der Waals surface area contributed by atoms with E-state index in [1.54, 1.807) is 6.20 Å². The molecule has 0 bridgehead atoms. The van der Waals surface area contributed by atoms with E-state index in [4.69, 9.17) is 4.74 Å². The Balaban J connectivity index is 1.74. The van der Waals surface area contributed by atoms with Gasteiger partial charge in [-0.3, -0.25) is 4.79 Å². The molecule has 2 fully saturated rings. The predicted octanol–water partition coefficient (Wildman–Crippen LogP) is 2.37. The Hall–Kier alpha value is -2.54. The Bertz CT molecular complexity index is 896. The molecular formula is C22H31N5O2. The molecule has 0 amide bonds. The van der Waals surface area contributed by atoms with Crippen LogP contribution in [0.2, 0.25) is 0 Å². The number of nitrogens with zero attached hydrogens (tertiary/aromatic N) is 5. The highest BCUT2D eigenvalue weighted by Crippen LogP contribution is 2.30. The summed E-state index contributed by atoms with van der Waals surface area (Å²) in [7, 11) is 6.10. The number of hydrogen-bond acceptors (Lipinski definition) is 6. The van der Waals surface area contributed by atoms with Gasteiger partial charge in [-0.15, -0.1) is 0 Å². The number of ether oxygens (including phenoxy) is 1. The topological polar surface area (TPSA) is 53.8 Å². The SMILES string of the molecule is CN1CCN(c2cnn(-c3cccc(N(C)C)c3)c(=O)c2OC2CCCC2)CC1. The van der Waals surface area contributed by atoms with Crippen LogP contribution in [0.4, 0.5) is 11.4 Å². The monoisotopic (exact) mass is 397 g/mol. The first-order valence-electron chi connectivity index (χ1n) is 10.5. The quantitative estimate of drug-likeness (QED) is 0.772. The van der Waals surface area contributed by atoms with Crippen LogP contribution >= 0.6 is 0 Å². The molecule has 2 heterocycles. The van der Waals surface area contributed by atoms with Gasteiger partial charge in [0, 0.05) is 46.0 Å². The second kappa shape index (κ2) is 8.45. The van der Waals surface area contributed by atoms with Gasteiger partial charge in [0.15, 0.2) is 0 Å². The Morgan fingerprint density at radius 2 is 1.83 bits per heavy atom. The summed E-state index contributed by atoms with van der Waals surface area (Å²) in [5.74, 6) is 0.451. The molecule has 0 spiro atoms. The molecule has 1 aromatic carbocycles. The average Bonchev–Trinajstić information content (AvgIpc) is 3.23. The van der Waals surface area contributed by atoms with Crippen molar-refractivity contribution in [2.75, 3.05) is 57.1 Å². The van der Waals surface area contributed by atoms with Gasteiger partial charge in [-0.1, -0.05) is 6.07 Å². The summed E-state index contributed by atoms with van der Waals surface area (Å²) in [5.41, 5.74) is 2.43. The molecule has 1 saturated carbocycles. The lowest BCUT2D eigenvalue weighted by molar-refractivity contribution is 0.205. The number of piperazine rings is 1. The smallest absolute Gasteiger partial charge is 0.316 e. The molecule has 1 aliphatic carbocycles. The fraction of sp³-hybridized carbons (Fsp3) is 0.545. The summed E-state index contributed by atoms with van der Waals surface area (Å²) in [6, 6.07) is 7.85. The molecule has 1 aliphatic heterocycles. The summed E-state index contributed by atoms with van der Waals surface area (Å²) < 4.78 is 7.79. The lowest BCUT2D eigenvalue weighted by Crippen LogP contribution is -2.45. The summed E-state index contributed by atoms with van der Waals surface area (Å²) >= 11 is 0. The van der Waals surface area contributed by atoms with Crippen LogP contribution in [0.3, 0.4) is 0 Å². The molecule has 4 rings (SSSR count). The zero-order valence-electron chi connectivity index (χ0n) is 17.7. The second-order valence-electron chi connectivity index (χ2n) is 8.30. The minimum absolute atomic E-state index is 0.123. The van der Waals surface area contributed by atoms with Gasteiger partial charge in [0.1, 0.15) is 5.69 Å². The van der Waals surface area contributed by atoms with E-state index in [2.05, 4.69) is 21.9 Å². The van der Waals surface area contributed by atoms with Crippen molar-refractivity contribution in [3.8, 4) is 11.4 Å². The Morgan fingerprint density at radius 1 is 1.10 bits per heavy atom. The van der Waals surface area contributed by atoms with Crippen LogP contribution in [0.15, 0.2) is 35.3 Å². The largest absolute Gasteiger partial charge is 0.483 e. The van der Waals surface area contributed by atoms with Crippen molar-refractivity contribution in [1.82, 2.24) is 14.7 Å². The number of hydrogen-bond donors (Lipinski definition) is 0. The van der Waals surface area contributed by atoms with Gasteiger partial charge >= 0.3 is 5.56 Å². The molecule has 2 aromatic rings. The normalized spacial score (nSPS) is 18.2. The van der Waals surface area contributed by atoms with E-state index in [0.717, 1.165) is 56.1 Å². The van der Waals surface area contributed by atoms with E-state index in [9.17, 15) is 4.79 Å². The zero-order valence-corrected chi connectivity index (χ0v) is 17.7. The molecular weight excluding hydrogens is 366 g/mol. The molecule has 0 atom stereocenters. The molecule has 7 heteroatoms.